The van der Waals surface area contributed by atoms with E-state index in [0.29, 0.717) is 11.3 Å². The molecule has 0 N–H and O–H groups in total. The van der Waals surface area contributed by atoms with Crippen LogP contribution in [0.5, 0.6) is 0 Å². The van der Waals surface area contributed by atoms with Crippen molar-refractivity contribution in [3.63, 3.8) is 0 Å². The third-order valence-corrected chi connectivity index (χ3v) is 6.92. The number of rotatable bonds is 0. The summed E-state index contributed by atoms with van der Waals surface area (Å²) >= 11 is 0. The largest absolute Gasteiger partial charge is 0.0587 e. The van der Waals surface area contributed by atoms with Crippen molar-refractivity contribution in [1.82, 2.24) is 0 Å². The first-order chi connectivity index (χ1) is 11.2. The maximum atomic E-state index is 2.47. The third-order valence-electron chi connectivity index (χ3n) is 6.92. The maximum absolute atomic E-state index is 2.47. The van der Waals surface area contributed by atoms with Crippen LogP contribution in [0.15, 0.2) is 30.3 Å². The minimum absolute atomic E-state index is 0.588. The summed E-state index contributed by atoms with van der Waals surface area (Å²) in [5, 5.41) is 0. The molecule has 0 saturated heterocycles. The lowest BCUT2D eigenvalue weighted by atomic mass is 9.60. The van der Waals surface area contributed by atoms with Gasteiger partial charge in [0.2, 0.25) is 0 Å². The second-order valence-corrected chi connectivity index (χ2v) is 8.41. The van der Waals surface area contributed by atoms with Crippen LogP contribution in [0.3, 0.4) is 0 Å². The molecule has 118 valence electrons. The summed E-state index contributed by atoms with van der Waals surface area (Å²) in [7, 11) is 0. The molecule has 0 aromatic heterocycles. The van der Waals surface area contributed by atoms with Crippen LogP contribution in [-0.2, 0) is 6.42 Å². The highest BCUT2D eigenvalue weighted by Crippen LogP contribution is 2.59. The van der Waals surface area contributed by atoms with Gasteiger partial charge in [0, 0.05) is 5.92 Å². The van der Waals surface area contributed by atoms with E-state index in [2.05, 4.69) is 44.2 Å². The van der Waals surface area contributed by atoms with Crippen molar-refractivity contribution in [2.45, 2.75) is 64.7 Å². The van der Waals surface area contributed by atoms with Crippen molar-refractivity contribution in [2.75, 3.05) is 0 Å². The van der Waals surface area contributed by atoms with Gasteiger partial charge in [-0.15, -0.1) is 0 Å². The molecule has 5 rings (SSSR count). The molecule has 0 bridgehead atoms. The average Bonchev–Trinajstić information content (AvgIpc) is 2.85. The summed E-state index contributed by atoms with van der Waals surface area (Å²) in [6.45, 7) is 4.58. The zero-order chi connectivity index (χ0) is 15.6. The molecule has 1 saturated carbocycles. The Morgan fingerprint density at radius 3 is 2.52 bits per heavy atom. The normalized spacial score (nSPS) is 23.7. The van der Waals surface area contributed by atoms with Crippen LogP contribution in [0, 0.1) is 19.3 Å². The standard InChI is InChI=1S/C23H26/c1-15-6-8-17-18-9-7-16(2)20-13-23(10-4-3-5-11-23)14-21(22(18)20)19(17)12-15/h6-9,12,21H,3-5,10-11,13-14H2,1-2H3. The summed E-state index contributed by atoms with van der Waals surface area (Å²) in [6, 6.07) is 11.9. The summed E-state index contributed by atoms with van der Waals surface area (Å²) < 4.78 is 0. The van der Waals surface area contributed by atoms with Gasteiger partial charge in [-0.25, -0.2) is 0 Å². The van der Waals surface area contributed by atoms with E-state index in [0.717, 1.165) is 0 Å². The monoisotopic (exact) mass is 302 g/mol. The fourth-order valence-corrected chi connectivity index (χ4v) is 5.79. The van der Waals surface area contributed by atoms with Gasteiger partial charge >= 0.3 is 0 Å². The maximum Gasteiger partial charge on any atom is 0.0110 e. The molecule has 1 atom stereocenters. The minimum Gasteiger partial charge on any atom is -0.0587 e. The topological polar surface area (TPSA) is 0 Å². The Balaban J connectivity index is 1.74. The lowest BCUT2D eigenvalue weighted by molar-refractivity contribution is 0.154. The predicted octanol–water partition coefficient (Wildman–Crippen LogP) is 6.31. The molecular formula is C23H26. The predicted molar refractivity (Wildman–Crippen MR) is 97.0 cm³/mol. The Bertz CT molecular complexity index is 790. The highest BCUT2D eigenvalue weighted by molar-refractivity contribution is 5.81. The van der Waals surface area contributed by atoms with Crippen molar-refractivity contribution < 1.29 is 0 Å². The van der Waals surface area contributed by atoms with Gasteiger partial charge in [-0.1, -0.05) is 55.2 Å². The third kappa shape index (κ3) is 1.90. The van der Waals surface area contributed by atoms with Crippen LogP contribution < -0.4 is 0 Å². The van der Waals surface area contributed by atoms with Gasteiger partial charge in [0.25, 0.3) is 0 Å². The van der Waals surface area contributed by atoms with Crippen LogP contribution in [-0.4, -0.2) is 0 Å². The van der Waals surface area contributed by atoms with Crippen molar-refractivity contribution in [3.05, 3.63) is 58.1 Å². The van der Waals surface area contributed by atoms with Crippen LogP contribution in [0.4, 0.5) is 0 Å². The van der Waals surface area contributed by atoms with E-state index >= 15 is 0 Å². The Labute approximate surface area is 139 Å². The fraction of sp³-hybridized carbons (Fsp3) is 0.478. The molecule has 0 radical (unpaired) electrons. The van der Waals surface area contributed by atoms with Crippen molar-refractivity contribution >= 4 is 0 Å². The summed E-state index contributed by atoms with van der Waals surface area (Å²) in [5.41, 5.74) is 11.6. The molecule has 3 aliphatic rings. The molecule has 0 nitrogen and oxygen atoms in total. The van der Waals surface area contributed by atoms with Gasteiger partial charge in [-0.05, 0) is 78.3 Å². The van der Waals surface area contributed by atoms with E-state index in [9.17, 15) is 0 Å². The Kier molecular flexibility index (Phi) is 2.84. The fourth-order valence-electron chi connectivity index (χ4n) is 5.79. The van der Waals surface area contributed by atoms with E-state index < -0.39 is 0 Å². The molecule has 1 spiro atoms. The van der Waals surface area contributed by atoms with Crippen LogP contribution >= 0.6 is 0 Å². The first-order valence-electron chi connectivity index (χ1n) is 9.40. The van der Waals surface area contributed by atoms with Gasteiger partial charge < -0.3 is 0 Å². The Hall–Kier alpha value is -1.56. The van der Waals surface area contributed by atoms with Gasteiger partial charge in [0.05, 0.1) is 0 Å². The van der Waals surface area contributed by atoms with Crippen LogP contribution in [0.2, 0.25) is 0 Å². The van der Waals surface area contributed by atoms with Crippen molar-refractivity contribution in [2.24, 2.45) is 5.41 Å². The second kappa shape index (κ2) is 4.72. The number of hydrogen-bond acceptors (Lipinski definition) is 0. The zero-order valence-electron chi connectivity index (χ0n) is 14.4. The molecular weight excluding hydrogens is 276 g/mol. The second-order valence-electron chi connectivity index (χ2n) is 8.41. The van der Waals surface area contributed by atoms with Crippen LogP contribution in [0.25, 0.3) is 11.1 Å². The zero-order valence-corrected chi connectivity index (χ0v) is 14.4. The Morgan fingerprint density at radius 1 is 0.913 bits per heavy atom. The summed E-state index contributed by atoms with van der Waals surface area (Å²) in [6.07, 6.45) is 9.98. The number of fused-ring (bicyclic) bond motifs is 3. The van der Waals surface area contributed by atoms with Gasteiger partial charge in [0.1, 0.15) is 0 Å². The molecule has 23 heavy (non-hydrogen) atoms. The molecule has 1 unspecified atom stereocenters. The summed E-state index contributed by atoms with van der Waals surface area (Å²) in [4.78, 5) is 0. The molecule has 0 heterocycles. The van der Waals surface area contributed by atoms with Gasteiger partial charge in [0.15, 0.2) is 0 Å². The molecule has 3 aliphatic carbocycles. The first-order valence-corrected chi connectivity index (χ1v) is 9.40. The van der Waals surface area contributed by atoms with E-state index in [-0.39, 0.29) is 0 Å². The molecule has 0 heteroatoms. The van der Waals surface area contributed by atoms with Gasteiger partial charge in [-0.2, -0.15) is 0 Å². The lowest BCUT2D eigenvalue weighted by Gasteiger charge is -2.44. The molecule has 0 amide bonds. The number of aryl methyl sites for hydroxylation is 2. The molecule has 2 aromatic rings. The van der Waals surface area contributed by atoms with Crippen LogP contribution in [0.1, 0.15) is 72.3 Å². The first kappa shape index (κ1) is 13.8. The highest BCUT2D eigenvalue weighted by atomic mass is 14.5. The Morgan fingerprint density at radius 2 is 1.70 bits per heavy atom. The van der Waals surface area contributed by atoms with E-state index in [1.165, 1.54) is 67.2 Å². The quantitative estimate of drug-likeness (QED) is 0.534. The summed E-state index contributed by atoms with van der Waals surface area (Å²) in [5.74, 6) is 0.668. The van der Waals surface area contributed by atoms with Crippen molar-refractivity contribution in [3.8, 4) is 11.1 Å². The lowest BCUT2D eigenvalue weighted by Crippen LogP contribution is -2.33. The molecule has 1 fully saturated rings. The molecule has 0 aliphatic heterocycles. The van der Waals surface area contributed by atoms with E-state index in [1.54, 1.807) is 16.7 Å². The highest BCUT2D eigenvalue weighted by Gasteiger charge is 2.44. The molecule has 2 aromatic carbocycles. The number of hydrogen-bond donors (Lipinski definition) is 0. The smallest absolute Gasteiger partial charge is 0.0110 e. The minimum atomic E-state index is 0.588. The van der Waals surface area contributed by atoms with E-state index in [4.69, 9.17) is 0 Å². The average molecular weight is 302 g/mol. The SMILES string of the molecule is Cc1ccc2c(c1)C1CC3(CCCCC3)Cc3c(C)ccc-2c31. The van der Waals surface area contributed by atoms with Gasteiger partial charge in [-0.3, -0.25) is 0 Å². The number of benzene rings is 2. The van der Waals surface area contributed by atoms with E-state index in [1.807, 2.05) is 0 Å². The van der Waals surface area contributed by atoms with Crippen molar-refractivity contribution in [1.29, 1.82) is 0 Å².